The Balaban J connectivity index is 1.81. The lowest BCUT2D eigenvalue weighted by Crippen LogP contribution is -2.53. The number of nitrogens with one attached hydrogen (secondary N) is 1. The molecule has 27 heavy (non-hydrogen) atoms. The summed E-state index contributed by atoms with van der Waals surface area (Å²) >= 11 is 6.02. The van der Waals surface area contributed by atoms with Crippen molar-refractivity contribution < 1.29 is 4.79 Å². The molecule has 6 nitrogen and oxygen atoms in total. The minimum atomic E-state index is -0.0108. The lowest BCUT2D eigenvalue weighted by atomic mass is 10.1. The van der Waals surface area contributed by atoms with Gasteiger partial charge in [-0.15, -0.1) is 0 Å². The first-order valence-electron chi connectivity index (χ1n) is 8.68. The highest BCUT2D eigenvalue weighted by Gasteiger charge is 2.24. The van der Waals surface area contributed by atoms with Gasteiger partial charge in [0.05, 0.1) is 12.2 Å². The van der Waals surface area contributed by atoms with Crippen molar-refractivity contribution in [2.45, 2.75) is 13.0 Å². The van der Waals surface area contributed by atoms with Crippen LogP contribution in [0.3, 0.4) is 0 Å². The molecule has 3 aromatic rings. The molecule has 1 fully saturated rings. The molecule has 3 heterocycles. The van der Waals surface area contributed by atoms with Crippen molar-refractivity contribution in [3.05, 3.63) is 59.9 Å². The fourth-order valence-corrected chi connectivity index (χ4v) is 3.22. The third-order valence-corrected chi connectivity index (χ3v) is 4.58. The van der Waals surface area contributed by atoms with Crippen LogP contribution in [0.2, 0.25) is 5.02 Å². The fraction of sp³-hybridized carbons (Fsp3) is 0.200. The summed E-state index contributed by atoms with van der Waals surface area (Å²) in [6.07, 6.45) is 3.44. The molecule has 1 N–H and O–H groups in total. The lowest BCUT2D eigenvalue weighted by molar-refractivity contribution is -0.121. The number of pyridine rings is 1. The summed E-state index contributed by atoms with van der Waals surface area (Å²) in [6, 6.07) is 13.3. The molecule has 4 rings (SSSR count). The first kappa shape index (κ1) is 17.4. The SMILES string of the molecule is CC1CN(c2cc(-c3ccc(Cl)cc3)nc(-c3cccnc3)n2)CC(=O)N1. The average Bonchev–Trinajstić information content (AvgIpc) is 2.68. The second kappa shape index (κ2) is 7.32. The highest BCUT2D eigenvalue weighted by molar-refractivity contribution is 6.30. The van der Waals surface area contributed by atoms with Crippen LogP contribution in [-0.2, 0) is 4.79 Å². The maximum atomic E-state index is 12.0. The Morgan fingerprint density at radius 1 is 1.15 bits per heavy atom. The van der Waals surface area contributed by atoms with E-state index in [1.807, 2.05) is 54.3 Å². The molecule has 0 aliphatic carbocycles. The second-order valence-electron chi connectivity index (χ2n) is 6.53. The van der Waals surface area contributed by atoms with E-state index in [1.165, 1.54) is 0 Å². The molecule has 0 radical (unpaired) electrons. The van der Waals surface area contributed by atoms with E-state index < -0.39 is 0 Å². The van der Waals surface area contributed by atoms with Crippen molar-refractivity contribution in [3.8, 4) is 22.6 Å². The summed E-state index contributed by atoms with van der Waals surface area (Å²) in [5, 5.41) is 3.60. The Morgan fingerprint density at radius 3 is 2.67 bits per heavy atom. The Labute approximate surface area is 162 Å². The van der Waals surface area contributed by atoms with Gasteiger partial charge in [-0.2, -0.15) is 0 Å². The number of aromatic nitrogens is 3. The van der Waals surface area contributed by atoms with E-state index in [4.69, 9.17) is 21.6 Å². The van der Waals surface area contributed by atoms with Gasteiger partial charge in [-0.05, 0) is 31.2 Å². The first-order valence-corrected chi connectivity index (χ1v) is 9.06. The Kier molecular flexibility index (Phi) is 4.73. The summed E-state index contributed by atoms with van der Waals surface area (Å²) in [5.41, 5.74) is 2.53. The molecule has 1 atom stereocenters. The van der Waals surface area contributed by atoms with Crippen LogP contribution < -0.4 is 10.2 Å². The average molecular weight is 380 g/mol. The topological polar surface area (TPSA) is 71.0 Å². The van der Waals surface area contributed by atoms with Crippen molar-refractivity contribution >= 4 is 23.3 Å². The van der Waals surface area contributed by atoms with Gasteiger partial charge >= 0.3 is 0 Å². The number of nitrogens with zero attached hydrogens (tertiary/aromatic N) is 4. The number of carbonyl (C=O) groups is 1. The summed E-state index contributed by atoms with van der Waals surface area (Å²) in [4.78, 5) is 27.5. The van der Waals surface area contributed by atoms with E-state index in [-0.39, 0.29) is 18.5 Å². The van der Waals surface area contributed by atoms with Gasteiger partial charge in [-0.25, -0.2) is 9.97 Å². The molecule has 136 valence electrons. The highest BCUT2D eigenvalue weighted by Crippen LogP contribution is 2.27. The normalized spacial score (nSPS) is 16.9. The maximum Gasteiger partial charge on any atom is 0.239 e. The third-order valence-electron chi connectivity index (χ3n) is 4.33. The number of amides is 1. The molecule has 1 unspecified atom stereocenters. The van der Waals surface area contributed by atoms with Crippen LogP contribution in [0.25, 0.3) is 22.6 Å². The molecule has 0 spiro atoms. The van der Waals surface area contributed by atoms with Gasteiger partial charge in [0, 0.05) is 47.2 Å². The predicted octanol–water partition coefficient (Wildman–Crippen LogP) is 3.18. The van der Waals surface area contributed by atoms with Gasteiger partial charge in [0.25, 0.3) is 0 Å². The Morgan fingerprint density at radius 2 is 1.96 bits per heavy atom. The van der Waals surface area contributed by atoms with E-state index in [0.717, 1.165) is 22.6 Å². The van der Waals surface area contributed by atoms with Crippen LogP contribution in [0.4, 0.5) is 5.82 Å². The molecule has 1 aliphatic rings. The van der Waals surface area contributed by atoms with Crippen LogP contribution in [0.5, 0.6) is 0 Å². The minimum absolute atomic E-state index is 0.0108. The maximum absolute atomic E-state index is 12.0. The van der Waals surface area contributed by atoms with E-state index >= 15 is 0 Å². The number of benzene rings is 1. The van der Waals surface area contributed by atoms with Gasteiger partial charge in [0.1, 0.15) is 5.82 Å². The zero-order chi connectivity index (χ0) is 18.8. The van der Waals surface area contributed by atoms with E-state index in [9.17, 15) is 4.79 Å². The molecule has 1 aromatic carbocycles. The molecule has 7 heteroatoms. The van der Waals surface area contributed by atoms with Gasteiger partial charge in [-0.3, -0.25) is 9.78 Å². The monoisotopic (exact) mass is 379 g/mol. The van der Waals surface area contributed by atoms with Crippen LogP contribution in [0.1, 0.15) is 6.92 Å². The molecule has 0 saturated carbocycles. The molecule has 0 bridgehead atoms. The molecule has 1 aliphatic heterocycles. The lowest BCUT2D eigenvalue weighted by Gasteiger charge is -2.32. The number of halogens is 1. The van der Waals surface area contributed by atoms with Gasteiger partial charge < -0.3 is 10.2 Å². The summed E-state index contributed by atoms with van der Waals surface area (Å²) in [6.45, 7) is 2.94. The summed E-state index contributed by atoms with van der Waals surface area (Å²) in [7, 11) is 0. The first-order chi connectivity index (χ1) is 13.1. The van der Waals surface area contributed by atoms with Crippen LogP contribution in [0, 0.1) is 0 Å². The second-order valence-corrected chi connectivity index (χ2v) is 6.97. The number of hydrogen-bond acceptors (Lipinski definition) is 5. The van der Waals surface area contributed by atoms with Crippen LogP contribution in [-0.4, -0.2) is 40.0 Å². The number of rotatable bonds is 3. The van der Waals surface area contributed by atoms with Gasteiger partial charge in [-0.1, -0.05) is 23.7 Å². The van der Waals surface area contributed by atoms with Crippen molar-refractivity contribution in [1.82, 2.24) is 20.3 Å². The van der Waals surface area contributed by atoms with Crippen molar-refractivity contribution in [2.75, 3.05) is 18.0 Å². The standard InChI is InChI=1S/C20H18ClN5O/c1-13-11-26(12-19(27)23-13)18-9-17(14-4-6-16(21)7-5-14)24-20(25-18)15-3-2-8-22-10-15/h2-10,13H,11-12H2,1H3,(H,23,27). The molecule has 1 amide bonds. The smallest absolute Gasteiger partial charge is 0.239 e. The molecule has 2 aromatic heterocycles. The van der Waals surface area contributed by atoms with E-state index in [2.05, 4.69) is 10.3 Å². The third kappa shape index (κ3) is 3.90. The highest BCUT2D eigenvalue weighted by atomic mass is 35.5. The molecular weight excluding hydrogens is 362 g/mol. The number of anilines is 1. The van der Waals surface area contributed by atoms with Crippen LogP contribution in [0.15, 0.2) is 54.9 Å². The fourth-order valence-electron chi connectivity index (χ4n) is 3.10. The summed E-state index contributed by atoms with van der Waals surface area (Å²) < 4.78 is 0. The zero-order valence-electron chi connectivity index (χ0n) is 14.8. The Bertz CT molecular complexity index is 962. The van der Waals surface area contributed by atoms with E-state index in [1.54, 1.807) is 12.4 Å². The van der Waals surface area contributed by atoms with Crippen molar-refractivity contribution in [3.63, 3.8) is 0 Å². The molecule has 1 saturated heterocycles. The molecular formula is C20H18ClN5O. The van der Waals surface area contributed by atoms with Gasteiger partial charge in [0.15, 0.2) is 5.82 Å². The summed E-state index contributed by atoms with van der Waals surface area (Å²) in [5.74, 6) is 1.28. The quantitative estimate of drug-likeness (QED) is 0.756. The van der Waals surface area contributed by atoms with Crippen LogP contribution >= 0.6 is 11.6 Å². The number of carbonyl (C=O) groups excluding carboxylic acids is 1. The number of piperazine rings is 1. The van der Waals surface area contributed by atoms with Gasteiger partial charge in [0.2, 0.25) is 5.91 Å². The minimum Gasteiger partial charge on any atom is -0.350 e. The van der Waals surface area contributed by atoms with Crippen molar-refractivity contribution in [1.29, 1.82) is 0 Å². The Hall–Kier alpha value is -2.99. The largest absolute Gasteiger partial charge is 0.350 e. The van der Waals surface area contributed by atoms with Crippen molar-refractivity contribution in [2.24, 2.45) is 0 Å². The predicted molar refractivity (Wildman–Crippen MR) is 106 cm³/mol. The zero-order valence-corrected chi connectivity index (χ0v) is 15.5. The number of hydrogen-bond donors (Lipinski definition) is 1. The van der Waals surface area contributed by atoms with E-state index in [0.29, 0.717) is 17.4 Å².